The normalized spacial score (nSPS) is 17.7. The predicted octanol–water partition coefficient (Wildman–Crippen LogP) is 1.55. The van der Waals surface area contributed by atoms with Gasteiger partial charge in [0, 0.05) is 12.6 Å². The number of ether oxygens (including phenoxy) is 1. The van der Waals surface area contributed by atoms with Crippen LogP contribution in [0.2, 0.25) is 0 Å². The third kappa shape index (κ3) is 4.28. The highest BCUT2D eigenvalue weighted by molar-refractivity contribution is 7.12. The third-order valence-corrected chi connectivity index (χ3v) is 4.61. The van der Waals surface area contributed by atoms with Gasteiger partial charge in [0.1, 0.15) is 4.88 Å². The molecule has 1 aliphatic heterocycles. The first-order valence-electron chi connectivity index (χ1n) is 7.56. The van der Waals surface area contributed by atoms with Crippen molar-refractivity contribution in [2.75, 3.05) is 38.6 Å². The maximum absolute atomic E-state index is 12.3. The summed E-state index contributed by atoms with van der Waals surface area (Å²) in [6, 6.07) is 2.14. The fourth-order valence-corrected chi connectivity index (χ4v) is 3.43. The lowest BCUT2D eigenvalue weighted by Gasteiger charge is -2.27. The molecule has 1 aromatic heterocycles. The average molecular weight is 325 g/mol. The molecule has 1 aliphatic rings. The van der Waals surface area contributed by atoms with E-state index in [1.807, 2.05) is 0 Å². The molecule has 0 saturated carbocycles. The summed E-state index contributed by atoms with van der Waals surface area (Å²) in [7, 11) is 1.34. The zero-order chi connectivity index (χ0) is 15.9. The monoisotopic (exact) mass is 325 g/mol. The van der Waals surface area contributed by atoms with Crippen LogP contribution in [0.15, 0.2) is 11.4 Å². The summed E-state index contributed by atoms with van der Waals surface area (Å²) in [6.45, 7) is 5.29. The standard InChI is InChI=1S/C15H23N3O3S/c1-3-7-18(11-4-6-16-9-11)10-13(19)17-12-5-8-22-14(12)15(20)21-2/h5,8,11,16H,3-4,6-7,9-10H2,1-2H3,(H,17,19). The van der Waals surface area contributed by atoms with E-state index in [1.165, 1.54) is 18.4 Å². The molecule has 0 aliphatic carbocycles. The first kappa shape index (κ1) is 16.9. The van der Waals surface area contributed by atoms with Gasteiger partial charge >= 0.3 is 5.97 Å². The maximum atomic E-state index is 12.3. The third-order valence-electron chi connectivity index (χ3n) is 3.72. The van der Waals surface area contributed by atoms with E-state index >= 15 is 0 Å². The number of nitrogens with zero attached hydrogens (tertiary/aromatic N) is 1. The summed E-state index contributed by atoms with van der Waals surface area (Å²) in [5, 5.41) is 7.93. The van der Waals surface area contributed by atoms with Crippen LogP contribution in [-0.4, -0.2) is 56.1 Å². The van der Waals surface area contributed by atoms with Gasteiger partial charge in [0.05, 0.1) is 19.3 Å². The van der Waals surface area contributed by atoms with Crippen LogP contribution in [0.25, 0.3) is 0 Å². The summed E-state index contributed by atoms with van der Waals surface area (Å²) in [5.41, 5.74) is 0.530. The van der Waals surface area contributed by atoms with E-state index in [1.54, 1.807) is 11.4 Å². The summed E-state index contributed by atoms with van der Waals surface area (Å²) < 4.78 is 4.72. The smallest absolute Gasteiger partial charge is 0.350 e. The number of hydrogen-bond acceptors (Lipinski definition) is 6. The summed E-state index contributed by atoms with van der Waals surface area (Å²) in [5.74, 6) is -0.514. The highest BCUT2D eigenvalue weighted by Crippen LogP contribution is 2.23. The van der Waals surface area contributed by atoms with Crippen molar-refractivity contribution < 1.29 is 14.3 Å². The van der Waals surface area contributed by atoms with Gasteiger partial charge in [0.2, 0.25) is 5.91 Å². The Morgan fingerprint density at radius 3 is 3.00 bits per heavy atom. The Labute approximate surface area is 134 Å². The minimum absolute atomic E-state index is 0.0936. The minimum Gasteiger partial charge on any atom is -0.465 e. The van der Waals surface area contributed by atoms with Gasteiger partial charge in [0.25, 0.3) is 0 Å². The van der Waals surface area contributed by atoms with E-state index in [0.29, 0.717) is 23.2 Å². The van der Waals surface area contributed by atoms with Crippen LogP contribution in [0.1, 0.15) is 29.4 Å². The van der Waals surface area contributed by atoms with Crippen molar-refractivity contribution in [3.05, 3.63) is 16.3 Å². The lowest BCUT2D eigenvalue weighted by molar-refractivity contribution is -0.117. The summed E-state index contributed by atoms with van der Waals surface area (Å²) in [4.78, 5) is 26.6. The Balaban J connectivity index is 1.96. The molecular weight excluding hydrogens is 302 g/mol. The SMILES string of the molecule is CCCN(CC(=O)Nc1ccsc1C(=O)OC)C1CCNC1. The highest BCUT2D eigenvalue weighted by Gasteiger charge is 2.24. The van der Waals surface area contributed by atoms with Crippen LogP contribution in [0, 0.1) is 0 Å². The highest BCUT2D eigenvalue weighted by atomic mass is 32.1. The molecule has 22 heavy (non-hydrogen) atoms. The second kappa shape index (κ2) is 8.26. The molecule has 7 heteroatoms. The Morgan fingerprint density at radius 1 is 1.55 bits per heavy atom. The molecule has 0 radical (unpaired) electrons. The number of amides is 1. The molecule has 0 spiro atoms. The molecule has 2 heterocycles. The van der Waals surface area contributed by atoms with E-state index in [4.69, 9.17) is 4.74 Å². The zero-order valence-electron chi connectivity index (χ0n) is 13.1. The van der Waals surface area contributed by atoms with Gasteiger partial charge in [-0.15, -0.1) is 11.3 Å². The van der Waals surface area contributed by atoms with E-state index in [9.17, 15) is 9.59 Å². The van der Waals surface area contributed by atoms with Crippen LogP contribution in [0.3, 0.4) is 0 Å². The van der Waals surface area contributed by atoms with Crippen LogP contribution in [-0.2, 0) is 9.53 Å². The van der Waals surface area contributed by atoms with E-state index in [-0.39, 0.29) is 5.91 Å². The number of carbonyl (C=O) groups excluding carboxylic acids is 2. The number of hydrogen-bond donors (Lipinski definition) is 2. The van der Waals surface area contributed by atoms with Crippen LogP contribution in [0.4, 0.5) is 5.69 Å². The lowest BCUT2D eigenvalue weighted by atomic mass is 10.2. The molecule has 2 rings (SSSR count). The zero-order valence-corrected chi connectivity index (χ0v) is 13.9. The molecular formula is C15H23N3O3S. The van der Waals surface area contributed by atoms with Gasteiger partial charge in [-0.25, -0.2) is 4.79 Å². The Bertz CT molecular complexity index is 512. The van der Waals surface area contributed by atoms with Crippen molar-refractivity contribution in [3.8, 4) is 0 Å². The summed E-state index contributed by atoms with van der Waals surface area (Å²) >= 11 is 1.27. The number of methoxy groups -OCH3 is 1. The fraction of sp³-hybridized carbons (Fsp3) is 0.600. The van der Waals surface area contributed by atoms with Crippen LogP contribution in [0.5, 0.6) is 0 Å². The quantitative estimate of drug-likeness (QED) is 0.744. The van der Waals surface area contributed by atoms with Gasteiger partial charge in [0.15, 0.2) is 0 Å². The number of esters is 1. The van der Waals surface area contributed by atoms with Gasteiger partial charge in [-0.05, 0) is 37.4 Å². The Morgan fingerprint density at radius 2 is 2.36 bits per heavy atom. The molecule has 0 aromatic carbocycles. The second-order valence-electron chi connectivity index (χ2n) is 5.32. The molecule has 1 fully saturated rings. The molecule has 1 atom stereocenters. The maximum Gasteiger partial charge on any atom is 0.350 e. The Kier molecular flexibility index (Phi) is 6.35. The van der Waals surface area contributed by atoms with Crippen LogP contribution >= 0.6 is 11.3 Å². The summed E-state index contributed by atoms with van der Waals surface area (Å²) in [6.07, 6.45) is 2.08. The second-order valence-corrected chi connectivity index (χ2v) is 6.24. The van der Waals surface area contributed by atoms with Gasteiger partial charge in [-0.1, -0.05) is 6.92 Å². The molecule has 0 bridgehead atoms. The van der Waals surface area contributed by atoms with Crippen molar-refractivity contribution in [1.29, 1.82) is 0 Å². The first-order valence-corrected chi connectivity index (χ1v) is 8.44. The van der Waals surface area contributed by atoms with Crippen molar-refractivity contribution in [1.82, 2.24) is 10.2 Å². The first-order chi connectivity index (χ1) is 10.7. The minimum atomic E-state index is -0.421. The van der Waals surface area contributed by atoms with Crippen molar-refractivity contribution in [2.45, 2.75) is 25.8 Å². The molecule has 1 saturated heterocycles. The van der Waals surface area contributed by atoms with Crippen molar-refractivity contribution >= 4 is 28.9 Å². The molecule has 1 amide bonds. The molecule has 1 unspecified atom stereocenters. The van der Waals surface area contributed by atoms with Gasteiger partial charge < -0.3 is 15.4 Å². The van der Waals surface area contributed by atoms with E-state index < -0.39 is 5.97 Å². The van der Waals surface area contributed by atoms with Gasteiger partial charge in [-0.3, -0.25) is 9.69 Å². The van der Waals surface area contributed by atoms with E-state index in [2.05, 4.69) is 22.5 Å². The van der Waals surface area contributed by atoms with Gasteiger partial charge in [-0.2, -0.15) is 0 Å². The lowest BCUT2D eigenvalue weighted by Crippen LogP contribution is -2.42. The van der Waals surface area contributed by atoms with E-state index in [0.717, 1.165) is 32.5 Å². The Hall–Kier alpha value is -1.44. The topological polar surface area (TPSA) is 70.7 Å². The number of carbonyl (C=O) groups is 2. The molecule has 1 aromatic rings. The number of rotatable bonds is 7. The predicted molar refractivity (Wildman–Crippen MR) is 87.4 cm³/mol. The van der Waals surface area contributed by atoms with Crippen LogP contribution < -0.4 is 10.6 Å². The van der Waals surface area contributed by atoms with Crippen molar-refractivity contribution in [3.63, 3.8) is 0 Å². The molecule has 2 N–H and O–H groups in total. The number of anilines is 1. The number of nitrogens with one attached hydrogen (secondary N) is 2. The molecule has 6 nitrogen and oxygen atoms in total. The van der Waals surface area contributed by atoms with Crippen molar-refractivity contribution in [2.24, 2.45) is 0 Å². The fourth-order valence-electron chi connectivity index (χ4n) is 2.66. The largest absolute Gasteiger partial charge is 0.465 e. The molecule has 122 valence electrons. The number of thiophene rings is 1. The average Bonchev–Trinajstić information content (AvgIpc) is 3.17.